The molecule has 0 saturated carbocycles. The van der Waals surface area contributed by atoms with Gasteiger partial charge in [0.05, 0.1) is 18.8 Å². The van der Waals surface area contributed by atoms with Crippen molar-refractivity contribution in [3.8, 4) is 11.1 Å². The zero-order valence-electron chi connectivity index (χ0n) is 34.4. The van der Waals surface area contributed by atoms with Crippen molar-refractivity contribution in [3.05, 3.63) is 130 Å². The highest BCUT2D eigenvalue weighted by atomic mass is 19.2. The molecule has 1 saturated heterocycles. The molecule has 3 atom stereocenters. The fourth-order valence-corrected chi connectivity index (χ4v) is 7.69. The maximum absolute atomic E-state index is 14.3. The van der Waals surface area contributed by atoms with Crippen molar-refractivity contribution in [1.29, 1.82) is 0 Å². The average Bonchev–Trinajstić information content (AvgIpc) is 3.26. The van der Waals surface area contributed by atoms with Crippen LogP contribution in [0.4, 0.5) is 22.0 Å². The average molecular weight is 823 g/mol. The van der Waals surface area contributed by atoms with Gasteiger partial charge in [-0.3, -0.25) is 4.79 Å². The van der Waals surface area contributed by atoms with E-state index in [1.165, 1.54) is 64.2 Å². The molecule has 5 rings (SSSR count). The van der Waals surface area contributed by atoms with Crippen LogP contribution in [0.25, 0.3) is 11.1 Å². The van der Waals surface area contributed by atoms with E-state index in [2.05, 4.69) is 24.1 Å². The fourth-order valence-electron chi connectivity index (χ4n) is 7.69. The SMILES string of the molecule is CCCCCCCCN(CCCCCCCC)C[C@@H]1C[C@H](c2ccc(CO)cc2)O[C@H](c2ccc(-c3ccccc3CNC(=O)c3c(F)c(F)c(F)c(F)c3F)cc2)O1. The summed E-state index contributed by atoms with van der Waals surface area (Å²) in [4.78, 5) is 15.3. The van der Waals surface area contributed by atoms with Crippen LogP contribution in [-0.4, -0.2) is 41.7 Å². The molecule has 0 aliphatic carbocycles. The Morgan fingerprint density at radius 3 is 1.81 bits per heavy atom. The first-order chi connectivity index (χ1) is 28.6. The van der Waals surface area contributed by atoms with Crippen LogP contribution in [0.15, 0.2) is 72.8 Å². The van der Waals surface area contributed by atoms with Gasteiger partial charge in [0.1, 0.15) is 5.56 Å². The van der Waals surface area contributed by atoms with Crippen LogP contribution in [0.1, 0.15) is 142 Å². The van der Waals surface area contributed by atoms with E-state index in [0.717, 1.165) is 54.7 Å². The molecule has 1 amide bonds. The molecule has 11 heteroatoms. The van der Waals surface area contributed by atoms with Crippen molar-refractivity contribution in [2.24, 2.45) is 0 Å². The monoisotopic (exact) mass is 822 g/mol. The lowest BCUT2D eigenvalue weighted by Gasteiger charge is -2.38. The van der Waals surface area contributed by atoms with Crippen molar-refractivity contribution in [2.75, 3.05) is 19.6 Å². The van der Waals surface area contributed by atoms with E-state index in [1.54, 1.807) is 18.2 Å². The second kappa shape index (κ2) is 23.6. The number of amides is 1. The number of carbonyl (C=O) groups excluding carboxylic acids is 1. The predicted octanol–water partition coefficient (Wildman–Crippen LogP) is 12.0. The third-order valence-corrected chi connectivity index (χ3v) is 11.1. The summed E-state index contributed by atoms with van der Waals surface area (Å²) < 4.78 is 83.2. The van der Waals surface area contributed by atoms with Crippen LogP contribution in [0, 0.1) is 29.1 Å². The van der Waals surface area contributed by atoms with E-state index in [4.69, 9.17) is 9.47 Å². The molecule has 1 fully saturated rings. The van der Waals surface area contributed by atoms with Gasteiger partial charge in [-0.25, -0.2) is 22.0 Å². The summed E-state index contributed by atoms with van der Waals surface area (Å²) in [5, 5.41) is 12.0. The minimum absolute atomic E-state index is 0.0425. The smallest absolute Gasteiger partial charge is 0.257 e. The lowest BCUT2D eigenvalue weighted by molar-refractivity contribution is -0.253. The maximum atomic E-state index is 14.3. The number of hydrogen-bond donors (Lipinski definition) is 2. The molecule has 4 aromatic rings. The Hall–Kier alpha value is -4.16. The molecule has 0 bridgehead atoms. The van der Waals surface area contributed by atoms with Crippen molar-refractivity contribution < 1.29 is 41.3 Å². The normalized spacial score (nSPS) is 16.8. The predicted molar refractivity (Wildman–Crippen MR) is 221 cm³/mol. The quantitative estimate of drug-likeness (QED) is 0.0337. The van der Waals surface area contributed by atoms with Crippen LogP contribution < -0.4 is 5.32 Å². The van der Waals surface area contributed by atoms with Gasteiger partial charge in [-0.2, -0.15) is 0 Å². The fraction of sp³-hybridized carbons (Fsp3) is 0.479. The summed E-state index contributed by atoms with van der Waals surface area (Å²) in [7, 11) is 0. The topological polar surface area (TPSA) is 71.0 Å². The van der Waals surface area contributed by atoms with E-state index in [1.807, 2.05) is 54.6 Å². The lowest BCUT2D eigenvalue weighted by Crippen LogP contribution is -2.40. The van der Waals surface area contributed by atoms with Crippen molar-refractivity contribution >= 4 is 5.91 Å². The van der Waals surface area contributed by atoms with Gasteiger partial charge in [0.15, 0.2) is 29.6 Å². The number of halogens is 5. The van der Waals surface area contributed by atoms with Gasteiger partial charge in [0, 0.05) is 25.1 Å². The molecule has 320 valence electrons. The van der Waals surface area contributed by atoms with Gasteiger partial charge >= 0.3 is 0 Å². The van der Waals surface area contributed by atoms with Crippen LogP contribution >= 0.6 is 0 Å². The van der Waals surface area contributed by atoms with Crippen LogP contribution in [0.5, 0.6) is 0 Å². The zero-order chi connectivity index (χ0) is 42.1. The Labute approximate surface area is 346 Å². The Morgan fingerprint density at radius 2 is 1.22 bits per heavy atom. The van der Waals surface area contributed by atoms with E-state index in [9.17, 15) is 31.9 Å². The number of ether oxygens (including phenoxy) is 2. The first-order valence-corrected chi connectivity index (χ1v) is 21.4. The molecule has 4 aromatic carbocycles. The number of hydrogen-bond acceptors (Lipinski definition) is 5. The lowest BCUT2D eigenvalue weighted by atomic mass is 9.97. The molecule has 59 heavy (non-hydrogen) atoms. The molecule has 6 nitrogen and oxygen atoms in total. The number of rotatable bonds is 23. The molecule has 1 aliphatic heterocycles. The third-order valence-electron chi connectivity index (χ3n) is 11.1. The van der Waals surface area contributed by atoms with Gasteiger partial charge < -0.3 is 24.8 Å². The minimum Gasteiger partial charge on any atom is -0.392 e. The Kier molecular flexibility index (Phi) is 18.4. The van der Waals surface area contributed by atoms with E-state index in [-0.39, 0.29) is 25.4 Å². The summed E-state index contributed by atoms with van der Waals surface area (Å²) in [6, 6.07) is 22.5. The zero-order valence-corrected chi connectivity index (χ0v) is 34.4. The molecule has 0 radical (unpaired) electrons. The number of aliphatic hydroxyl groups is 1. The number of unbranched alkanes of at least 4 members (excludes halogenated alkanes) is 10. The second-order valence-corrected chi connectivity index (χ2v) is 15.6. The van der Waals surface area contributed by atoms with Gasteiger partial charge in [-0.05, 0) is 53.7 Å². The number of nitrogens with zero attached hydrogens (tertiary/aromatic N) is 1. The van der Waals surface area contributed by atoms with Gasteiger partial charge in [0.2, 0.25) is 5.82 Å². The standard InChI is InChI=1S/C48H59F5N2O4/c1-3-5-7-9-11-15-27-55(28-16-12-10-8-6-4-2)31-38-29-40(35-21-19-33(32-56)20-22-35)59-48(58-38)36-25-23-34(24-26-36)39-18-14-13-17-37(39)30-54-47(57)41-42(49)44(51)46(53)45(52)43(41)50/h13-14,17-26,38,40,48,56H,3-12,15-16,27-32H2,1-2H3,(H,54,57)/t38-,40+,48+/m0/s1. The van der Waals surface area contributed by atoms with Crippen molar-refractivity contribution in [3.63, 3.8) is 0 Å². The molecule has 2 N–H and O–H groups in total. The van der Waals surface area contributed by atoms with Crippen molar-refractivity contribution in [2.45, 2.75) is 129 Å². The third kappa shape index (κ3) is 12.9. The Bertz CT molecular complexity index is 1860. The molecular formula is C48H59F5N2O4. The summed E-state index contributed by atoms with van der Waals surface area (Å²) in [5.74, 6) is -12.5. The first kappa shape index (κ1) is 45.9. The summed E-state index contributed by atoms with van der Waals surface area (Å²) in [5.41, 5.74) is 3.13. The molecular weight excluding hydrogens is 764 g/mol. The molecule has 1 aliphatic rings. The largest absolute Gasteiger partial charge is 0.392 e. The number of carbonyl (C=O) groups is 1. The Balaban J connectivity index is 1.32. The highest BCUT2D eigenvalue weighted by Gasteiger charge is 2.34. The molecule has 0 aromatic heterocycles. The summed E-state index contributed by atoms with van der Waals surface area (Å²) in [6.45, 7) is 7.04. The van der Waals surface area contributed by atoms with Crippen LogP contribution in [-0.2, 0) is 22.6 Å². The first-order valence-electron chi connectivity index (χ1n) is 21.4. The maximum Gasteiger partial charge on any atom is 0.257 e. The van der Waals surface area contributed by atoms with E-state index < -0.39 is 46.8 Å². The summed E-state index contributed by atoms with van der Waals surface area (Å²) in [6.07, 6.45) is 14.5. The van der Waals surface area contributed by atoms with E-state index in [0.29, 0.717) is 17.5 Å². The van der Waals surface area contributed by atoms with Gasteiger partial charge in [-0.15, -0.1) is 0 Å². The molecule has 0 unspecified atom stereocenters. The van der Waals surface area contributed by atoms with Gasteiger partial charge in [-0.1, -0.05) is 151 Å². The van der Waals surface area contributed by atoms with E-state index >= 15 is 0 Å². The van der Waals surface area contributed by atoms with Crippen molar-refractivity contribution in [1.82, 2.24) is 10.2 Å². The second-order valence-electron chi connectivity index (χ2n) is 15.6. The number of nitrogens with one attached hydrogen (secondary N) is 1. The van der Waals surface area contributed by atoms with Gasteiger partial charge in [0.25, 0.3) is 5.91 Å². The summed E-state index contributed by atoms with van der Waals surface area (Å²) >= 11 is 0. The molecule has 0 spiro atoms. The highest BCUT2D eigenvalue weighted by molar-refractivity contribution is 5.95. The minimum atomic E-state index is -2.33. The number of benzene rings is 4. The number of aliphatic hydroxyl groups excluding tert-OH is 1. The van der Waals surface area contributed by atoms with Crippen LogP contribution in [0.2, 0.25) is 0 Å². The Morgan fingerprint density at radius 1 is 0.678 bits per heavy atom. The highest BCUT2D eigenvalue weighted by Crippen LogP contribution is 2.39. The van der Waals surface area contributed by atoms with Crippen LogP contribution in [0.3, 0.4) is 0 Å². The molecule has 1 heterocycles.